The maximum absolute atomic E-state index is 2.52. The van der Waals surface area contributed by atoms with Crippen molar-refractivity contribution in [3.05, 3.63) is 188 Å². The summed E-state index contributed by atoms with van der Waals surface area (Å²) >= 11 is 5.70. The van der Waals surface area contributed by atoms with E-state index >= 15 is 0 Å². The van der Waals surface area contributed by atoms with E-state index in [0.29, 0.717) is 0 Å². The highest BCUT2D eigenvalue weighted by atomic mass is 32.1. The summed E-state index contributed by atoms with van der Waals surface area (Å²) < 4.78 is 7.93. The molecule has 0 saturated carbocycles. The average Bonchev–Trinajstić information content (AvgIpc) is 3.96. The van der Waals surface area contributed by atoms with Crippen LogP contribution in [0.4, 0.5) is 17.1 Å². The van der Waals surface area contributed by atoms with Gasteiger partial charge in [-0.25, -0.2) is 0 Å². The van der Waals surface area contributed by atoms with Crippen molar-refractivity contribution in [2.75, 3.05) is 4.90 Å². The highest BCUT2D eigenvalue weighted by Crippen LogP contribution is 2.51. The van der Waals surface area contributed by atoms with E-state index in [4.69, 9.17) is 0 Å². The molecule has 12 aromatic rings. The van der Waals surface area contributed by atoms with Gasteiger partial charge in [-0.2, -0.15) is 0 Å². The van der Waals surface area contributed by atoms with Gasteiger partial charge in [0.2, 0.25) is 0 Å². The van der Waals surface area contributed by atoms with Gasteiger partial charge in [0.25, 0.3) is 0 Å². The van der Waals surface area contributed by atoms with Gasteiger partial charge in [-0.15, -0.1) is 34.0 Å². The van der Waals surface area contributed by atoms with E-state index in [-0.39, 0.29) is 0 Å². The number of hydrogen-bond donors (Lipinski definition) is 0. The van der Waals surface area contributed by atoms with Crippen molar-refractivity contribution in [1.82, 2.24) is 0 Å². The van der Waals surface area contributed by atoms with E-state index in [1.54, 1.807) is 0 Å². The molecule has 262 valence electrons. The largest absolute Gasteiger partial charge is 0.308 e. The first-order valence-corrected chi connectivity index (χ1v) is 21.4. The molecule has 12 rings (SSSR count). The summed E-state index contributed by atoms with van der Waals surface area (Å²) in [5, 5.41) is 10.4. The molecule has 0 spiro atoms. The van der Waals surface area contributed by atoms with E-state index in [1.807, 2.05) is 34.0 Å². The predicted molar refractivity (Wildman–Crippen MR) is 248 cm³/mol. The molecule has 0 fully saturated rings. The third-order valence-electron chi connectivity index (χ3n) is 11.3. The smallest absolute Gasteiger partial charge is 0.0640 e. The Morgan fingerprint density at radius 2 is 0.857 bits per heavy atom. The normalized spacial score (nSPS) is 11.9. The van der Waals surface area contributed by atoms with Crippen molar-refractivity contribution in [2.24, 2.45) is 0 Å². The van der Waals surface area contributed by atoms with Crippen LogP contribution in [0.3, 0.4) is 0 Å². The van der Waals surface area contributed by atoms with Gasteiger partial charge in [0.1, 0.15) is 0 Å². The zero-order chi connectivity index (χ0) is 36.7. The Labute approximate surface area is 335 Å². The van der Waals surface area contributed by atoms with E-state index in [1.165, 1.54) is 105 Å². The molecular weight excluding hydrogens is 735 g/mol. The van der Waals surface area contributed by atoms with Crippen LogP contribution in [0.5, 0.6) is 0 Å². The Kier molecular flexibility index (Phi) is 7.21. The van der Waals surface area contributed by atoms with E-state index in [0.717, 1.165) is 5.69 Å². The van der Waals surface area contributed by atoms with E-state index in [2.05, 4.69) is 193 Å². The van der Waals surface area contributed by atoms with Gasteiger partial charge in [-0.1, -0.05) is 127 Å². The van der Waals surface area contributed by atoms with Gasteiger partial charge in [0.05, 0.1) is 16.1 Å². The Morgan fingerprint density at radius 1 is 0.304 bits per heavy atom. The minimum atomic E-state index is 1.14. The SMILES string of the molecule is c1ccc(-c2ccc3ccc(-c4ccc(N(c5cccc6c5sc5ccccc56)c5cccc6sc7ccc8c9ccccc9sc8c7c56)cc4)cc3c2)cc1. The number of anilines is 3. The van der Waals surface area contributed by atoms with E-state index in [9.17, 15) is 0 Å². The fourth-order valence-electron chi connectivity index (χ4n) is 8.61. The summed E-state index contributed by atoms with van der Waals surface area (Å²) in [6, 6.07) is 69.5. The van der Waals surface area contributed by atoms with Crippen molar-refractivity contribution >= 4 is 122 Å². The maximum Gasteiger partial charge on any atom is 0.0640 e. The number of hydrogen-bond acceptors (Lipinski definition) is 4. The van der Waals surface area contributed by atoms with Gasteiger partial charge >= 0.3 is 0 Å². The van der Waals surface area contributed by atoms with Crippen molar-refractivity contribution in [1.29, 1.82) is 0 Å². The molecule has 56 heavy (non-hydrogen) atoms. The lowest BCUT2D eigenvalue weighted by atomic mass is 9.97. The molecule has 3 aromatic heterocycles. The number of fused-ring (bicyclic) bond motifs is 11. The first kappa shape index (κ1) is 32.0. The van der Waals surface area contributed by atoms with Crippen LogP contribution in [-0.4, -0.2) is 0 Å². The third kappa shape index (κ3) is 4.97. The zero-order valence-electron chi connectivity index (χ0n) is 30.1. The summed E-state index contributed by atoms with van der Waals surface area (Å²) in [5.74, 6) is 0. The zero-order valence-corrected chi connectivity index (χ0v) is 32.5. The van der Waals surface area contributed by atoms with Crippen LogP contribution in [0.15, 0.2) is 188 Å². The van der Waals surface area contributed by atoms with Crippen LogP contribution in [0.25, 0.3) is 93.5 Å². The molecule has 4 heteroatoms. The third-order valence-corrected chi connectivity index (χ3v) is 14.8. The molecule has 0 unspecified atom stereocenters. The lowest BCUT2D eigenvalue weighted by Gasteiger charge is -2.27. The number of thiophene rings is 3. The van der Waals surface area contributed by atoms with Crippen molar-refractivity contribution in [2.45, 2.75) is 0 Å². The Morgan fingerprint density at radius 3 is 1.61 bits per heavy atom. The molecular formula is C52H31NS3. The summed E-state index contributed by atoms with van der Waals surface area (Å²) in [7, 11) is 0. The standard InChI is InChI=1S/C52H31NS3/c1-2-10-32(11-3-1)35-22-20-34-21-23-36(31-37(34)30-35)33-24-26-38(27-25-33)53(44-16-8-14-41-39-12-4-6-17-45(39)55-51(41)44)43-15-9-19-47-49(43)50-48(54-47)29-28-42-40-13-5-7-18-46(40)56-52(42)50/h1-31H. The van der Waals surface area contributed by atoms with Crippen LogP contribution in [0, 0.1) is 0 Å². The quantitative estimate of drug-likeness (QED) is 0.169. The fraction of sp³-hybridized carbons (Fsp3) is 0. The number of rotatable bonds is 5. The molecule has 0 amide bonds. The van der Waals surface area contributed by atoms with Gasteiger partial charge in [0, 0.05) is 61.5 Å². The number of benzene rings is 9. The molecule has 0 aliphatic carbocycles. The second-order valence-corrected chi connectivity index (χ2v) is 17.6. The first-order valence-electron chi connectivity index (χ1n) is 18.9. The molecule has 9 aromatic carbocycles. The summed E-state index contributed by atoms with van der Waals surface area (Å²) in [6.07, 6.45) is 0. The van der Waals surface area contributed by atoms with Crippen molar-refractivity contribution < 1.29 is 0 Å². The van der Waals surface area contributed by atoms with Crippen molar-refractivity contribution in [3.63, 3.8) is 0 Å². The molecule has 1 nitrogen and oxygen atoms in total. The van der Waals surface area contributed by atoms with Gasteiger partial charge in [0.15, 0.2) is 0 Å². The Bertz CT molecular complexity index is 3480. The average molecular weight is 766 g/mol. The molecule has 0 radical (unpaired) electrons. The molecule has 0 aliphatic rings. The molecule has 0 saturated heterocycles. The fourth-order valence-corrected chi connectivity index (χ4v) is 12.3. The summed E-state index contributed by atoms with van der Waals surface area (Å²) in [6.45, 7) is 0. The van der Waals surface area contributed by atoms with Crippen LogP contribution in [0.1, 0.15) is 0 Å². The lowest BCUT2D eigenvalue weighted by Crippen LogP contribution is -2.10. The van der Waals surface area contributed by atoms with Gasteiger partial charge in [-0.05, 0) is 93.7 Å². The highest BCUT2D eigenvalue weighted by Gasteiger charge is 2.23. The molecule has 0 aliphatic heterocycles. The second-order valence-electron chi connectivity index (χ2n) is 14.4. The van der Waals surface area contributed by atoms with Gasteiger partial charge in [-0.3, -0.25) is 0 Å². The lowest BCUT2D eigenvalue weighted by molar-refractivity contribution is 1.32. The Hall–Kier alpha value is -6.30. The van der Waals surface area contributed by atoms with Crippen LogP contribution < -0.4 is 4.90 Å². The van der Waals surface area contributed by atoms with Gasteiger partial charge < -0.3 is 4.90 Å². The van der Waals surface area contributed by atoms with Crippen LogP contribution in [-0.2, 0) is 0 Å². The predicted octanol–water partition coefficient (Wildman–Crippen LogP) is 16.7. The number of nitrogens with zero attached hydrogens (tertiary/aromatic N) is 1. The van der Waals surface area contributed by atoms with Crippen LogP contribution >= 0.6 is 34.0 Å². The van der Waals surface area contributed by atoms with Crippen molar-refractivity contribution in [3.8, 4) is 22.3 Å². The Balaban J connectivity index is 1.07. The molecule has 0 bridgehead atoms. The van der Waals surface area contributed by atoms with Crippen LogP contribution in [0.2, 0.25) is 0 Å². The molecule has 0 atom stereocenters. The first-order chi connectivity index (χ1) is 27.7. The topological polar surface area (TPSA) is 3.24 Å². The monoisotopic (exact) mass is 765 g/mol. The minimum absolute atomic E-state index is 1.14. The summed E-state index contributed by atoms with van der Waals surface area (Å²) in [5.41, 5.74) is 8.43. The maximum atomic E-state index is 2.52. The highest BCUT2D eigenvalue weighted by molar-refractivity contribution is 7.30. The minimum Gasteiger partial charge on any atom is -0.308 e. The molecule has 0 N–H and O–H groups in total. The summed E-state index contributed by atoms with van der Waals surface area (Å²) in [4.78, 5) is 2.52. The van der Waals surface area contributed by atoms with E-state index < -0.39 is 0 Å². The molecule has 3 heterocycles. The second kappa shape index (κ2) is 12.6.